The number of benzene rings is 2. The largest absolute Gasteiger partial charge is 0.356 e. The van der Waals surface area contributed by atoms with Crippen LogP contribution in [0.2, 0.25) is 0 Å². The molecule has 1 amide bonds. The van der Waals surface area contributed by atoms with Crippen molar-refractivity contribution in [1.29, 1.82) is 0 Å². The molecule has 0 saturated carbocycles. The zero-order valence-corrected chi connectivity index (χ0v) is 14.6. The Balaban J connectivity index is 1.85. The third kappa shape index (κ3) is 3.04. The maximum absolute atomic E-state index is 12.5. The molecule has 1 N–H and O–H groups in total. The van der Waals surface area contributed by atoms with Crippen molar-refractivity contribution in [3.05, 3.63) is 58.3 Å². The summed E-state index contributed by atoms with van der Waals surface area (Å²) in [6.07, 6.45) is 1.08. The van der Waals surface area contributed by atoms with Crippen LogP contribution in [0.1, 0.15) is 34.9 Å². The van der Waals surface area contributed by atoms with E-state index in [1.165, 1.54) is 5.56 Å². The van der Waals surface area contributed by atoms with Crippen LogP contribution < -0.4 is 5.32 Å². The summed E-state index contributed by atoms with van der Waals surface area (Å²) in [7, 11) is 0. The normalized spacial score (nSPS) is 11.0. The number of hydrogen-bond acceptors (Lipinski definition) is 3. The van der Waals surface area contributed by atoms with Crippen LogP contribution in [0.3, 0.4) is 0 Å². The number of carbonyl (C=O) groups is 1. The van der Waals surface area contributed by atoms with Gasteiger partial charge in [0.2, 0.25) is 5.91 Å². The van der Waals surface area contributed by atoms with Crippen molar-refractivity contribution >= 4 is 22.6 Å². The lowest BCUT2D eigenvalue weighted by molar-refractivity contribution is -0.115. The topological polar surface area (TPSA) is 55.1 Å². The fraction of sp³-hybridized carbons (Fsp3) is 0.300. The Morgan fingerprint density at radius 1 is 1.12 bits per heavy atom. The third-order valence-corrected chi connectivity index (χ3v) is 4.49. The first kappa shape index (κ1) is 16.2. The van der Waals surface area contributed by atoms with E-state index in [4.69, 9.17) is 4.52 Å². The zero-order valence-electron chi connectivity index (χ0n) is 14.6. The fourth-order valence-corrected chi connectivity index (χ4v) is 2.91. The Labute approximate surface area is 141 Å². The molecule has 0 aliphatic carbocycles. The van der Waals surface area contributed by atoms with E-state index in [0.29, 0.717) is 5.69 Å². The maximum Gasteiger partial charge on any atom is 0.230 e. The van der Waals surface area contributed by atoms with Gasteiger partial charge in [0, 0.05) is 11.1 Å². The van der Waals surface area contributed by atoms with Gasteiger partial charge in [-0.05, 0) is 61.6 Å². The molecule has 1 aromatic heterocycles. The first-order chi connectivity index (χ1) is 11.5. The number of nitrogens with zero attached hydrogens (tertiary/aromatic N) is 1. The summed E-state index contributed by atoms with van der Waals surface area (Å²) in [4.78, 5) is 12.5. The van der Waals surface area contributed by atoms with Gasteiger partial charge < -0.3 is 9.84 Å². The van der Waals surface area contributed by atoms with Crippen molar-refractivity contribution in [2.75, 3.05) is 5.32 Å². The van der Waals surface area contributed by atoms with Crippen molar-refractivity contribution in [3.8, 4) is 0 Å². The lowest BCUT2D eigenvalue weighted by Crippen LogP contribution is -2.16. The van der Waals surface area contributed by atoms with Gasteiger partial charge in [0.25, 0.3) is 0 Å². The highest BCUT2D eigenvalue weighted by Crippen LogP contribution is 2.24. The molecule has 4 heteroatoms. The minimum Gasteiger partial charge on any atom is -0.356 e. The van der Waals surface area contributed by atoms with E-state index in [2.05, 4.69) is 17.4 Å². The summed E-state index contributed by atoms with van der Waals surface area (Å²) < 4.78 is 5.37. The van der Waals surface area contributed by atoms with Gasteiger partial charge in [-0.1, -0.05) is 30.3 Å². The number of carbonyl (C=O) groups excluding carboxylic acids is 1. The monoisotopic (exact) mass is 322 g/mol. The number of rotatable bonds is 4. The van der Waals surface area contributed by atoms with Crippen molar-refractivity contribution in [3.63, 3.8) is 0 Å². The SMILES string of the molecule is CCc1cccc(C)c1NC(=O)Cc1noc2cc(C)c(C)cc12. The fourth-order valence-electron chi connectivity index (χ4n) is 2.91. The Morgan fingerprint density at radius 2 is 1.88 bits per heavy atom. The molecule has 0 aliphatic rings. The van der Waals surface area contributed by atoms with Crippen LogP contribution in [0.15, 0.2) is 34.9 Å². The number of hydrogen-bond donors (Lipinski definition) is 1. The summed E-state index contributed by atoms with van der Waals surface area (Å²) in [6, 6.07) is 10.1. The van der Waals surface area contributed by atoms with Gasteiger partial charge in [-0.15, -0.1) is 0 Å². The van der Waals surface area contributed by atoms with E-state index in [1.807, 2.05) is 51.1 Å². The molecule has 1 heterocycles. The van der Waals surface area contributed by atoms with Crippen LogP contribution in [0.5, 0.6) is 0 Å². The Kier molecular flexibility index (Phi) is 4.38. The van der Waals surface area contributed by atoms with Crippen LogP contribution in [0, 0.1) is 20.8 Å². The molecule has 24 heavy (non-hydrogen) atoms. The van der Waals surface area contributed by atoms with Crippen molar-refractivity contribution in [2.45, 2.75) is 40.5 Å². The Bertz CT molecular complexity index is 909. The average Bonchev–Trinajstić information content (AvgIpc) is 2.91. The summed E-state index contributed by atoms with van der Waals surface area (Å²) in [6.45, 7) is 8.17. The standard InChI is InChI=1S/C20H22N2O2/c1-5-15-8-6-7-12(2)20(15)21-19(23)11-17-16-9-13(3)14(4)10-18(16)24-22-17/h6-10H,5,11H2,1-4H3,(H,21,23). The maximum atomic E-state index is 12.5. The number of amides is 1. The van der Waals surface area contributed by atoms with E-state index < -0.39 is 0 Å². The number of aromatic nitrogens is 1. The molecule has 0 radical (unpaired) electrons. The predicted molar refractivity (Wildman–Crippen MR) is 96.4 cm³/mol. The van der Waals surface area contributed by atoms with Crippen LogP contribution >= 0.6 is 0 Å². The first-order valence-corrected chi connectivity index (χ1v) is 8.23. The van der Waals surface area contributed by atoms with E-state index in [1.54, 1.807) is 0 Å². The number of aryl methyl sites for hydroxylation is 4. The molecule has 0 bridgehead atoms. The van der Waals surface area contributed by atoms with Crippen LogP contribution in [-0.2, 0) is 17.6 Å². The van der Waals surface area contributed by atoms with Gasteiger partial charge >= 0.3 is 0 Å². The Morgan fingerprint density at radius 3 is 2.62 bits per heavy atom. The molecule has 0 atom stereocenters. The van der Waals surface area contributed by atoms with Crippen molar-refractivity contribution < 1.29 is 9.32 Å². The highest BCUT2D eigenvalue weighted by molar-refractivity contribution is 5.96. The second-order valence-corrected chi connectivity index (χ2v) is 6.25. The second-order valence-electron chi connectivity index (χ2n) is 6.25. The minimum atomic E-state index is -0.0765. The highest BCUT2D eigenvalue weighted by atomic mass is 16.5. The highest BCUT2D eigenvalue weighted by Gasteiger charge is 2.15. The first-order valence-electron chi connectivity index (χ1n) is 8.23. The summed E-state index contributed by atoms with van der Waals surface area (Å²) in [5.74, 6) is -0.0765. The quantitative estimate of drug-likeness (QED) is 0.769. The Hall–Kier alpha value is -2.62. The number of para-hydroxylation sites is 1. The van der Waals surface area contributed by atoms with Gasteiger partial charge in [0.05, 0.1) is 6.42 Å². The van der Waals surface area contributed by atoms with Gasteiger partial charge in [0.15, 0.2) is 5.58 Å². The van der Waals surface area contributed by atoms with E-state index in [0.717, 1.165) is 39.8 Å². The predicted octanol–water partition coefficient (Wildman–Crippen LogP) is 4.50. The summed E-state index contributed by atoms with van der Waals surface area (Å²) >= 11 is 0. The minimum absolute atomic E-state index is 0.0765. The molecule has 0 saturated heterocycles. The van der Waals surface area contributed by atoms with Crippen LogP contribution in [0.4, 0.5) is 5.69 Å². The summed E-state index contributed by atoms with van der Waals surface area (Å²) in [5.41, 5.74) is 6.84. The average molecular weight is 322 g/mol. The molecule has 3 aromatic rings. The third-order valence-electron chi connectivity index (χ3n) is 4.49. The second kappa shape index (κ2) is 6.48. The molecule has 0 unspecified atom stereocenters. The van der Waals surface area contributed by atoms with Crippen LogP contribution in [-0.4, -0.2) is 11.1 Å². The van der Waals surface area contributed by atoms with E-state index in [9.17, 15) is 4.79 Å². The van der Waals surface area contributed by atoms with Crippen LogP contribution in [0.25, 0.3) is 11.0 Å². The smallest absolute Gasteiger partial charge is 0.230 e. The molecule has 2 aromatic carbocycles. The van der Waals surface area contributed by atoms with Gasteiger partial charge in [-0.25, -0.2) is 0 Å². The number of anilines is 1. The van der Waals surface area contributed by atoms with E-state index in [-0.39, 0.29) is 12.3 Å². The molecule has 0 spiro atoms. The zero-order chi connectivity index (χ0) is 17.3. The molecule has 124 valence electrons. The number of nitrogens with one attached hydrogen (secondary N) is 1. The lowest BCUT2D eigenvalue weighted by atomic mass is 10.0. The van der Waals surface area contributed by atoms with Crippen molar-refractivity contribution in [1.82, 2.24) is 5.16 Å². The lowest BCUT2D eigenvalue weighted by Gasteiger charge is -2.12. The molecular formula is C20H22N2O2. The van der Waals surface area contributed by atoms with E-state index >= 15 is 0 Å². The summed E-state index contributed by atoms with van der Waals surface area (Å²) in [5, 5.41) is 8.04. The molecule has 0 fully saturated rings. The van der Waals surface area contributed by atoms with Gasteiger partial charge in [0.1, 0.15) is 5.69 Å². The molecule has 0 aliphatic heterocycles. The van der Waals surface area contributed by atoms with Crippen molar-refractivity contribution in [2.24, 2.45) is 0 Å². The van der Waals surface area contributed by atoms with Gasteiger partial charge in [-0.3, -0.25) is 4.79 Å². The van der Waals surface area contributed by atoms with Gasteiger partial charge in [-0.2, -0.15) is 0 Å². The number of fused-ring (bicyclic) bond motifs is 1. The molecule has 4 nitrogen and oxygen atoms in total. The molecular weight excluding hydrogens is 300 g/mol. The molecule has 3 rings (SSSR count).